The van der Waals surface area contributed by atoms with Crippen LogP contribution in [0.3, 0.4) is 0 Å². The van der Waals surface area contributed by atoms with Crippen molar-refractivity contribution in [2.24, 2.45) is 5.73 Å². The molecule has 39 heavy (non-hydrogen) atoms. The Morgan fingerprint density at radius 3 is 2.54 bits per heavy atom. The van der Waals surface area contributed by atoms with Gasteiger partial charge in [-0.05, 0) is 29.8 Å². The Bertz CT molecular complexity index is 1290. The number of alkyl halides is 3. The van der Waals surface area contributed by atoms with E-state index in [1.807, 2.05) is 59.5 Å². The lowest BCUT2D eigenvalue weighted by atomic mass is 10.2. The standard InChI is InChI=1S/C26H28F3N7O3/c1-35(24(38)26(27,28)29)15-20-16-36(11-12-39-20)19-9-7-18(8-10-19)33-25-32-14-21(22(30)37)23(34-25)31-13-17-5-3-2-4-6-17/h2-10,14,20H,11-13,15-16H2,1H3,(H2,30,37)(H2,31,32,33,34). The van der Waals surface area contributed by atoms with Crippen LogP contribution in [0.25, 0.3) is 0 Å². The fourth-order valence-electron chi connectivity index (χ4n) is 4.09. The van der Waals surface area contributed by atoms with Crippen LogP contribution in [-0.4, -0.2) is 72.3 Å². The minimum Gasteiger partial charge on any atom is -0.373 e. The molecule has 1 fully saturated rings. The number of hydrogen-bond donors (Lipinski definition) is 3. The van der Waals surface area contributed by atoms with Gasteiger partial charge in [-0.3, -0.25) is 9.59 Å². The van der Waals surface area contributed by atoms with Crippen LogP contribution in [0.5, 0.6) is 0 Å². The number of nitrogens with two attached hydrogens (primary N) is 1. The lowest BCUT2D eigenvalue weighted by Gasteiger charge is -2.36. The minimum atomic E-state index is -4.92. The van der Waals surface area contributed by atoms with Gasteiger partial charge < -0.3 is 30.9 Å². The number of ether oxygens (including phenoxy) is 1. The van der Waals surface area contributed by atoms with Crippen molar-refractivity contribution < 1.29 is 27.5 Å². The fraction of sp³-hybridized carbons (Fsp3) is 0.308. The van der Waals surface area contributed by atoms with Gasteiger partial charge in [0.2, 0.25) is 5.95 Å². The van der Waals surface area contributed by atoms with Crippen LogP contribution in [0.4, 0.5) is 36.3 Å². The number of carbonyl (C=O) groups excluding carboxylic acids is 2. The van der Waals surface area contributed by atoms with Gasteiger partial charge in [0.15, 0.2) is 0 Å². The molecule has 1 aliphatic heterocycles. The van der Waals surface area contributed by atoms with Crippen LogP contribution in [0.15, 0.2) is 60.8 Å². The van der Waals surface area contributed by atoms with Crippen molar-refractivity contribution in [1.29, 1.82) is 0 Å². The molecule has 2 aromatic carbocycles. The molecule has 1 unspecified atom stereocenters. The predicted octanol–water partition coefficient (Wildman–Crippen LogP) is 3.16. The van der Waals surface area contributed by atoms with Crippen molar-refractivity contribution in [2.75, 3.05) is 48.8 Å². The number of carbonyl (C=O) groups is 2. The number of nitrogens with one attached hydrogen (secondary N) is 2. The maximum absolute atomic E-state index is 12.7. The van der Waals surface area contributed by atoms with Crippen molar-refractivity contribution in [2.45, 2.75) is 18.8 Å². The first kappa shape index (κ1) is 27.6. The average molecular weight is 544 g/mol. The number of aromatic nitrogens is 2. The third-order valence-corrected chi connectivity index (χ3v) is 6.05. The zero-order valence-electron chi connectivity index (χ0n) is 21.1. The summed E-state index contributed by atoms with van der Waals surface area (Å²) < 4.78 is 43.7. The number of halogens is 3. The summed E-state index contributed by atoms with van der Waals surface area (Å²) in [6.07, 6.45) is -4.13. The zero-order valence-corrected chi connectivity index (χ0v) is 21.1. The number of benzene rings is 2. The zero-order chi connectivity index (χ0) is 28.0. The van der Waals surface area contributed by atoms with E-state index in [2.05, 4.69) is 20.6 Å². The number of nitrogens with zero attached hydrogens (tertiary/aromatic N) is 4. The molecule has 0 bridgehead atoms. The molecule has 0 spiro atoms. The molecule has 0 radical (unpaired) electrons. The van der Waals surface area contributed by atoms with Crippen LogP contribution in [-0.2, 0) is 16.1 Å². The van der Waals surface area contributed by atoms with Gasteiger partial charge in [-0.25, -0.2) is 4.98 Å². The Kier molecular flexibility index (Phi) is 8.49. The second kappa shape index (κ2) is 12.0. The van der Waals surface area contributed by atoms with Gasteiger partial charge in [-0.1, -0.05) is 30.3 Å². The Balaban J connectivity index is 1.39. The molecular formula is C26H28F3N7O3. The van der Waals surface area contributed by atoms with Crippen LogP contribution in [0.1, 0.15) is 15.9 Å². The van der Waals surface area contributed by atoms with Gasteiger partial charge in [-0.2, -0.15) is 18.2 Å². The van der Waals surface area contributed by atoms with Crippen LogP contribution < -0.4 is 21.3 Å². The summed E-state index contributed by atoms with van der Waals surface area (Å²) in [5.74, 6) is -2.00. The summed E-state index contributed by atoms with van der Waals surface area (Å²) in [5, 5.41) is 6.22. The highest BCUT2D eigenvalue weighted by atomic mass is 19.4. The van der Waals surface area contributed by atoms with Gasteiger partial charge >= 0.3 is 12.1 Å². The SMILES string of the molecule is CN(CC1CN(c2ccc(Nc3ncc(C(N)=O)c(NCc4ccccc4)n3)cc2)CCO1)C(=O)C(F)(F)F. The Labute approximate surface area is 223 Å². The molecule has 206 valence electrons. The molecular weight excluding hydrogens is 515 g/mol. The molecule has 2 heterocycles. The number of hydrogen-bond acceptors (Lipinski definition) is 8. The van der Waals surface area contributed by atoms with Crippen LogP contribution in [0, 0.1) is 0 Å². The summed E-state index contributed by atoms with van der Waals surface area (Å²) >= 11 is 0. The van der Waals surface area contributed by atoms with Crippen LogP contribution in [0.2, 0.25) is 0 Å². The molecule has 1 atom stereocenters. The molecule has 1 aromatic heterocycles. The summed E-state index contributed by atoms with van der Waals surface area (Å²) in [6, 6.07) is 16.9. The first-order valence-corrected chi connectivity index (χ1v) is 12.1. The number of amides is 2. The van der Waals surface area contributed by atoms with E-state index in [1.165, 1.54) is 6.20 Å². The average Bonchev–Trinajstić information content (AvgIpc) is 2.92. The smallest absolute Gasteiger partial charge is 0.373 e. The number of primary amides is 1. The van der Waals surface area contributed by atoms with Gasteiger partial charge in [0.1, 0.15) is 5.82 Å². The van der Waals surface area contributed by atoms with Crippen molar-refractivity contribution >= 4 is 35.0 Å². The molecule has 4 N–H and O–H groups in total. The summed E-state index contributed by atoms with van der Waals surface area (Å²) in [4.78, 5) is 34.5. The molecule has 0 saturated carbocycles. The molecule has 2 amide bonds. The quantitative estimate of drug-likeness (QED) is 0.376. The van der Waals surface area contributed by atoms with Gasteiger partial charge in [0.05, 0.1) is 18.3 Å². The Hall–Kier alpha value is -4.39. The lowest BCUT2D eigenvalue weighted by molar-refractivity contribution is -0.185. The topological polar surface area (TPSA) is 126 Å². The molecule has 3 aromatic rings. The minimum absolute atomic E-state index is 0.163. The first-order chi connectivity index (χ1) is 18.6. The van der Waals surface area contributed by atoms with E-state index in [9.17, 15) is 22.8 Å². The summed E-state index contributed by atoms with van der Waals surface area (Å²) in [7, 11) is 1.11. The first-order valence-electron chi connectivity index (χ1n) is 12.1. The fourth-order valence-corrected chi connectivity index (χ4v) is 4.09. The largest absolute Gasteiger partial charge is 0.471 e. The predicted molar refractivity (Wildman–Crippen MR) is 140 cm³/mol. The van der Waals surface area contributed by atoms with E-state index in [1.54, 1.807) is 0 Å². The summed E-state index contributed by atoms with van der Waals surface area (Å²) in [5.41, 5.74) is 8.17. The van der Waals surface area contributed by atoms with E-state index >= 15 is 0 Å². The third kappa shape index (κ3) is 7.35. The van der Waals surface area contributed by atoms with E-state index in [4.69, 9.17) is 10.5 Å². The van der Waals surface area contributed by atoms with Gasteiger partial charge in [-0.15, -0.1) is 0 Å². The number of morpholine rings is 1. The second-order valence-electron chi connectivity index (χ2n) is 8.95. The summed E-state index contributed by atoms with van der Waals surface area (Å²) in [6.45, 7) is 1.46. The molecule has 1 aliphatic rings. The van der Waals surface area contributed by atoms with Crippen LogP contribution >= 0.6 is 0 Å². The number of likely N-dealkylation sites (N-methyl/N-ethyl adjacent to an activating group) is 1. The highest BCUT2D eigenvalue weighted by molar-refractivity contribution is 5.97. The molecule has 0 aliphatic carbocycles. The normalized spacial score (nSPS) is 15.5. The maximum Gasteiger partial charge on any atom is 0.471 e. The van der Waals surface area contributed by atoms with Gasteiger partial charge in [0.25, 0.3) is 5.91 Å². The highest BCUT2D eigenvalue weighted by Crippen LogP contribution is 2.24. The van der Waals surface area contributed by atoms with Crippen molar-refractivity contribution in [3.8, 4) is 0 Å². The molecule has 10 nitrogen and oxygen atoms in total. The molecule has 13 heteroatoms. The van der Waals surface area contributed by atoms with E-state index in [0.717, 1.165) is 18.3 Å². The van der Waals surface area contributed by atoms with E-state index in [-0.39, 0.29) is 18.1 Å². The second-order valence-corrected chi connectivity index (χ2v) is 8.95. The monoisotopic (exact) mass is 543 g/mol. The number of anilines is 4. The lowest BCUT2D eigenvalue weighted by Crippen LogP contribution is -2.50. The Morgan fingerprint density at radius 2 is 1.87 bits per heavy atom. The third-order valence-electron chi connectivity index (χ3n) is 6.05. The van der Waals surface area contributed by atoms with Crippen molar-refractivity contribution in [1.82, 2.24) is 14.9 Å². The van der Waals surface area contributed by atoms with Gasteiger partial charge in [0, 0.05) is 50.8 Å². The van der Waals surface area contributed by atoms with E-state index in [0.29, 0.717) is 42.6 Å². The van der Waals surface area contributed by atoms with Crippen molar-refractivity contribution in [3.63, 3.8) is 0 Å². The van der Waals surface area contributed by atoms with Crippen molar-refractivity contribution in [3.05, 3.63) is 71.9 Å². The highest BCUT2D eigenvalue weighted by Gasteiger charge is 2.42. The van der Waals surface area contributed by atoms with E-state index < -0.39 is 24.1 Å². The Morgan fingerprint density at radius 1 is 1.15 bits per heavy atom. The molecule has 4 rings (SSSR count). The number of rotatable bonds is 9. The molecule has 1 saturated heterocycles. The maximum atomic E-state index is 12.7.